The van der Waals surface area contributed by atoms with Crippen LogP contribution in [0.3, 0.4) is 0 Å². The lowest BCUT2D eigenvalue weighted by Gasteiger charge is -2.08. The SMILES string of the molecule is N#C/C(=C\c1ccc(Oc2ccccc2)cc1Cl)S(=O)(=O)c1ccc(F)cc1. The predicted molar refractivity (Wildman–Crippen MR) is 105 cm³/mol. The number of hydrogen-bond acceptors (Lipinski definition) is 4. The van der Waals surface area contributed by atoms with Crippen LogP contribution in [0.25, 0.3) is 6.08 Å². The van der Waals surface area contributed by atoms with Crippen LogP contribution in [0, 0.1) is 17.1 Å². The smallest absolute Gasteiger partial charge is 0.216 e. The first-order valence-electron chi connectivity index (χ1n) is 8.05. The topological polar surface area (TPSA) is 67.2 Å². The molecule has 0 aliphatic carbocycles. The van der Waals surface area contributed by atoms with E-state index in [0.717, 1.165) is 24.3 Å². The van der Waals surface area contributed by atoms with Gasteiger partial charge in [-0.05, 0) is 66.2 Å². The van der Waals surface area contributed by atoms with Gasteiger partial charge in [-0.25, -0.2) is 12.8 Å². The Hall–Kier alpha value is -3.14. The van der Waals surface area contributed by atoms with E-state index in [0.29, 0.717) is 17.1 Å². The number of nitrogens with zero attached hydrogens (tertiary/aromatic N) is 1. The maximum absolute atomic E-state index is 13.0. The maximum atomic E-state index is 13.0. The summed E-state index contributed by atoms with van der Waals surface area (Å²) in [6.07, 6.45) is 1.17. The van der Waals surface area contributed by atoms with Crippen molar-refractivity contribution in [3.63, 3.8) is 0 Å². The number of halogens is 2. The molecular formula is C21H13ClFNO3S. The minimum absolute atomic E-state index is 0.179. The van der Waals surface area contributed by atoms with E-state index in [-0.39, 0.29) is 9.92 Å². The normalized spacial score (nSPS) is 11.7. The van der Waals surface area contributed by atoms with E-state index < -0.39 is 20.6 Å². The van der Waals surface area contributed by atoms with Gasteiger partial charge in [-0.15, -0.1) is 0 Å². The summed E-state index contributed by atoms with van der Waals surface area (Å²) < 4.78 is 44.0. The highest BCUT2D eigenvalue weighted by Crippen LogP contribution is 2.29. The number of ether oxygens (including phenoxy) is 1. The zero-order valence-corrected chi connectivity index (χ0v) is 15.9. The van der Waals surface area contributed by atoms with Crippen molar-refractivity contribution >= 4 is 27.5 Å². The van der Waals surface area contributed by atoms with Crippen molar-refractivity contribution in [3.05, 3.63) is 94.1 Å². The highest BCUT2D eigenvalue weighted by molar-refractivity contribution is 7.95. The van der Waals surface area contributed by atoms with Crippen molar-refractivity contribution in [1.82, 2.24) is 0 Å². The fourth-order valence-corrected chi connectivity index (χ4v) is 3.74. The monoisotopic (exact) mass is 413 g/mol. The highest BCUT2D eigenvalue weighted by atomic mass is 35.5. The van der Waals surface area contributed by atoms with E-state index in [1.165, 1.54) is 12.1 Å². The number of rotatable bonds is 5. The molecule has 0 spiro atoms. The van der Waals surface area contributed by atoms with Crippen molar-refractivity contribution < 1.29 is 17.5 Å². The summed E-state index contributed by atoms with van der Waals surface area (Å²) in [6.45, 7) is 0. The highest BCUT2D eigenvalue weighted by Gasteiger charge is 2.21. The van der Waals surface area contributed by atoms with Crippen LogP contribution < -0.4 is 4.74 Å². The summed E-state index contributed by atoms with van der Waals surface area (Å²) in [5.74, 6) is 0.519. The molecule has 140 valence electrons. The molecule has 4 nitrogen and oxygen atoms in total. The zero-order valence-electron chi connectivity index (χ0n) is 14.3. The third kappa shape index (κ3) is 4.39. The van der Waals surface area contributed by atoms with Gasteiger partial charge in [0.1, 0.15) is 28.3 Å². The van der Waals surface area contributed by atoms with Crippen molar-refractivity contribution in [1.29, 1.82) is 5.26 Å². The Morgan fingerprint density at radius 2 is 1.68 bits per heavy atom. The molecule has 0 aromatic heterocycles. The van der Waals surface area contributed by atoms with Crippen LogP contribution in [-0.4, -0.2) is 8.42 Å². The standard InChI is InChI=1S/C21H13ClFNO3S/c22-21-13-18(27-17-4-2-1-3-5-17)9-6-15(21)12-20(14-24)28(25,26)19-10-7-16(23)8-11-19/h1-13H/b20-12+. The van der Waals surface area contributed by atoms with Crippen LogP contribution >= 0.6 is 11.6 Å². The van der Waals surface area contributed by atoms with Crippen LogP contribution in [0.5, 0.6) is 11.5 Å². The summed E-state index contributed by atoms with van der Waals surface area (Å²) in [4.78, 5) is -0.681. The van der Waals surface area contributed by atoms with E-state index >= 15 is 0 Å². The second kappa shape index (κ2) is 8.26. The molecule has 0 aliphatic rings. The molecule has 7 heteroatoms. The van der Waals surface area contributed by atoms with E-state index in [1.54, 1.807) is 30.3 Å². The van der Waals surface area contributed by atoms with Gasteiger partial charge in [-0.2, -0.15) is 5.26 Å². The molecule has 0 unspecified atom stereocenters. The summed E-state index contributed by atoms with van der Waals surface area (Å²) in [5.41, 5.74) is 0.337. The number of allylic oxidation sites excluding steroid dienone is 1. The number of para-hydroxylation sites is 1. The first-order chi connectivity index (χ1) is 13.4. The van der Waals surface area contributed by atoms with Gasteiger partial charge in [0.15, 0.2) is 0 Å². The van der Waals surface area contributed by atoms with Crippen molar-refractivity contribution in [2.75, 3.05) is 0 Å². The molecule has 28 heavy (non-hydrogen) atoms. The van der Waals surface area contributed by atoms with Gasteiger partial charge < -0.3 is 4.74 Å². The quantitative estimate of drug-likeness (QED) is 0.402. The van der Waals surface area contributed by atoms with E-state index in [2.05, 4.69) is 0 Å². The summed E-state index contributed by atoms with van der Waals surface area (Å²) in [5, 5.41) is 9.56. The fourth-order valence-electron chi connectivity index (χ4n) is 2.36. The van der Waals surface area contributed by atoms with Crippen LogP contribution in [0.15, 0.2) is 82.6 Å². The Morgan fingerprint density at radius 1 is 1.00 bits per heavy atom. The first kappa shape index (κ1) is 19.6. The van der Waals surface area contributed by atoms with Gasteiger partial charge in [0, 0.05) is 0 Å². The van der Waals surface area contributed by atoms with Crippen LogP contribution in [0.1, 0.15) is 5.56 Å². The van der Waals surface area contributed by atoms with Crippen LogP contribution in [-0.2, 0) is 9.84 Å². The Morgan fingerprint density at radius 3 is 2.29 bits per heavy atom. The molecule has 0 aliphatic heterocycles. The van der Waals surface area contributed by atoms with Gasteiger partial charge in [0.05, 0.1) is 9.92 Å². The molecule has 3 rings (SSSR count). The van der Waals surface area contributed by atoms with Gasteiger partial charge in [0.2, 0.25) is 9.84 Å². The molecule has 0 fully saturated rings. The molecule has 0 saturated carbocycles. The number of benzene rings is 3. The molecule has 0 N–H and O–H groups in total. The van der Waals surface area contributed by atoms with Gasteiger partial charge >= 0.3 is 0 Å². The predicted octanol–water partition coefficient (Wildman–Crippen LogP) is 5.61. The lowest BCUT2D eigenvalue weighted by molar-refractivity contribution is 0.482. The van der Waals surface area contributed by atoms with Crippen LogP contribution in [0.4, 0.5) is 4.39 Å². The van der Waals surface area contributed by atoms with Crippen molar-refractivity contribution in [2.45, 2.75) is 4.90 Å². The Balaban J connectivity index is 1.92. The molecule has 0 amide bonds. The lowest BCUT2D eigenvalue weighted by Crippen LogP contribution is -2.03. The molecule has 3 aromatic carbocycles. The average molecular weight is 414 g/mol. The van der Waals surface area contributed by atoms with Crippen molar-refractivity contribution in [2.24, 2.45) is 0 Å². The lowest BCUT2D eigenvalue weighted by atomic mass is 10.2. The van der Waals surface area contributed by atoms with Gasteiger partial charge in [-0.3, -0.25) is 0 Å². The van der Waals surface area contributed by atoms with E-state index in [1.807, 2.05) is 18.2 Å². The molecule has 0 heterocycles. The Bertz CT molecular complexity index is 1170. The minimum Gasteiger partial charge on any atom is -0.457 e. The van der Waals surface area contributed by atoms with Crippen molar-refractivity contribution in [3.8, 4) is 17.6 Å². The molecule has 3 aromatic rings. The number of nitriles is 1. The van der Waals surface area contributed by atoms with E-state index in [4.69, 9.17) is 16.3 Å². The minimum atomic E-state index is -4.10. The molecule has 0 saturated heterocycles. The molecule has 0 bridgehead atoms. The number of sulfone groups is 1. The average Bonchev–Trinajstić information content (AvgIpc) is 2.68. The number of hydrogen-bond donors (Lipinski definition) is 0. The molecule has 0 radical (unpaired) electrons. The second-order valence-electron chi connectivity index (χ2n) is 5.68. The summed E-state index contributed by atoms with van der Waals surface area (Å²) in [7, 11) is -4.10. The first-order valence-corrected chi connectivity index (χ1v) is 9.91. The third-order valence-electron chi connectivity index (χ3n) is 3.76. The molecular weight excluding hydrogens is 401 g/mol. The summed E-state index contributed by atoms with van der Waals surface area (Å²) in [6, 6.07) is 19.7. The Labute approximate surface area is 167 Å². The van der Waals surface area contributed by atoms with E-state index in [9.17, 15) is 18.1 Å². The van der Waals surface area contributed by atoms with Gasteiger partial charge in [0.25, 0.3) is 0 Å². The zero-order chi connectivity index (χ0) is 20.1. The maximum Gasteiger partial charge on any atom is 0.216 e. The second-order valence-corrected chi connectivity index (χ2v) is 8.00. The largest absolute Gasteiger partial charge is 0.457 e. The Kier molecular flexibility index (Phi) is 5.78. The molecule has 0 atom stereocenters. The van der Waals surface area contributed by atoms with Crippen LogP contribution in [0.2, 0.25) is 5.02 Å². The van der Waals surface area contributed by atoms with Gasteiger partial charge in [-0.1, -0.05) is 29.8 Å². The summed E-state index contributed by atoms with van der Waals surface area (Å²) >= 11 is 6.24. The fraction of sp³-hybridized carbons (Fsp3) is 0. The third-order valence-corrected chi connectivity index (χ3v) is 5.77.